The molecule has 0 atom stereocenters. The molecule has 0 bridgehead atoms. The minimum atomic E-state index is 0.867. The van der Waals surface area contributed by atoms with Gasteiger partial charge in [-0.15, -0.1) is 0 Å². The topological polar surface area (TPSA) is 38.0 Å². The first-order valence-corrected chi connectivity index (χ1v) is 8.32. The summed E-state index contributed by atoms with van der Waals surface area (Å²) < 4.78 is 0. The molecule has 0 rings (SSSR count). The van der Waals surface area contributed by atoms with Crippen LogP contribution in [-0.4, -0.2) is 19.6 Å². The molecule has 2 nitrogen and oxygen atoms in total. The first-order chi connectivity index (χ1) is 8.91. The number of nitrogens with two attached hydrogens (primary N) is 1. The molecule has 0 amide bonds. The van der Waals surface area contributed by atoms with E-state index in [4.69, 9.17) is 5.73 Å². The molecule has 0 spiro atoms. The van der Waals surface area contributed by atoms with Crippen molar-refractivity contribution in [3.05, 3.63) is 0 Å². The third-order valence-corrected chi connectivity index (χ3v) is 3.51. The lowest BCUT2D eigenvalue weighted by molar-refractivity contribution is 0.538. The molecule has 0 aliphatic rings. The van der Waals surface area contributed by atoms with Crippen LogP contribution in [0.25, 0.3) is 0 Å². The summed E-state index contributed by atoms with van der Waals surface area (Å²) in [6, 6.07) is 0. The molecule has 0 aliphatic carbocycles. The molecule has 0 fully saturated rings. The molecule has 0 aromatic heterocycles. The summed E-state index contributed by atoms with van der Waals surface area (Å²) in [6.07, 6.45) is 16.5. The Labute approximate surface area is 115 Å². The standard InChI is InChI=1S/C16H36N2/c1-2-3-15-18-16-13-11-9-7-5-4-6-8-10-12-14-17/h18H,2-17H2,1H3. The Hall–Kier alpha value is -0.0800. The second kappa shape index (κ2) is 16.9. The molecule has 18 heavy (non-hydrogen) atoms. The van der Waals surface area contributed by atoms with E-state index in [1.54, 1.807) is 0 Å². The molecular formula is C16H36N2. The monoisotopic (exact) mass is 256 g/mol. The zero-order valence-corrected chi connectivity index (χ0v) is 12.7. The van der Waals surface area contributed by atoms with Gasteiger partial charge in [-0.2, -0.15) is 0 Å². The number of rotatable bonds is 15. The largest absolute Gasteiger partial charge is 0.330 e. The van der Waals surface area contributed by atoms with Crippen molar-refractivity contribution in [2.45, 2.75) is 84.0 Å². The third-order valence-electron chi connectivity index (χ3n) is 3.51. The van der Waals surface area contributed by atoms with Crippen LogP contribution in [0.5, 0.6) is 0 Å². The highest BCUT2D eigenvalue weighted by molar-refractivity contribution is 4.51. The van der Waals surface area contributed by atoms with Crippen LogP contribution in [-0.2, 0) is 0 Å². The number of hydrogen-bond donors (Lipinski definition) is 2. The first-order valence-electron chi connectivity index (χ1n) is 8.32. The summed E-state index contributed by atoms with van der Waals surface area (Å²) in [5.74, 6) is 0. The molecule has 2 heteroatoms. The molecule has 0 heterocycles. The minimum Gasteiger partial charge on any atom is -0.330 e. The van der Waals surface area contributed by atoms with E-state index >= 15 is 0 Å². The molecule has 0 saturated heterocycles. The fraction of sp³-hybridized carbons (Fsp3) is 1.00. The summed E-state index contributed by atoms with van der Waals surface area (Å²) >= 11 is 0. The van der Waals surface area contributed by atoms with E-state index in [1.807, 2.05) is 0 Å². The van der Waals surface area contributed by atoms with Gasteiger partial charge in [0.1, 0.15) is 0 Å². The molecule has 0 saturated carbocycles. The van der Waals surface area contributed by atoms with Crippen LogP contribution in [0, 0.1) is 0 Å². The molecular weight excluding hydrogens is 220 g/mol. The zero-order chi connectivity index (χ0) is 13.3. The average molecular weight is 256 g/mol. The first kappa shape index (κ1) is 17.9. The fourth-order valence-electron chi connectivity index (χ4n) is 2.24. The van der Waals surface area contributed by atoms with E-state index < -0.39 is 0 Å². The van der Waals surface area contributed by atoms with Crippen LogP contribution in [0.15, 0.2) is 0 Å². The number of nitrogens with one attached hydrogen (secondary N) is 1. The Morgan fingerprint density at radius 1 is 0.611 bits per heavy atom. The molecule has 0 radical (unpaired) electrons. The van der Waals surface area contributed by atoms with Crippen molar-refractivity contribution >= 4 is 0 Å². The molecule has 0 unspecified atom stereocenters. The third kappa shape index (κ3) is 15.9. The highest BCUT2D eigenvalue weighted by atomic mass is 14.8. The van der Waals surface area contributed by atoms with Crippen LogP contribution in [0.2, 0.25) is 0 Å². The highest BCUT2D eigenvalue weighted by Gasteiger charge is 1.93. The van der Waals surface area contributed by atoms with Gasteiger partial charge in [0.15, 0.2) is 0 Å². The SMILES string of the molecule is CCCCNCCCCCCCCCCCCN. The van der Waals surface area contributed by atoms with Crippen LogP contribution in [0.4, 0.5) is 0 Å². The lowest BCUT2D eigenvalue weighted by atomic mass is 10.1. The van der Waals surface area contributed by atoms with E-state index in [0.717, 1.165) is 6.54 Å². The molecule has 0 aromatic rings. The van der Waals surface area contributed by atoms with Crippen molar-refractivity contribution in [2.75, 3.05) is 19.6 Å². The van der Waals surface area contributed by atoms with Gasteiger partial charge in [0.2, 0.25) is 0 Å². The van der Waals surface area contributed by atoms with Crippen LogP contribution in [0.3, 0.4) is 0 Å². The average Bonchev–Trinajstić information content (AvgIpc) is 2.39. The number of unbranched alkanes of at least 4 members (excludes halogenated alkanes) is 10. The predicted octanol–water partition coefficient (Wildman–Crippen LogP) is 4.24. The lowest BCUT2D eigenvalue weighted by Gasteiger charge is -2.04. The van der Waals surface area contributed by atoms with Crippen LogP contribution in [0.1, 0.15) is 84.0 Å². The van der Waals surface area contributed by atoms with Crippen LogP contribution >= 0.6 is 0 Å². The summed E-state index contributed by atoms with van der Waals surface area (Å²) in [7, 11) is 0. The lowest BCUT2D eigenvalue weighted by Crippen LogP contribution is -2.16. The Kier molecular flexibility index (Phi) is 16.8. The Morgan fingerprint density at radius 3 is 1.56 bits per heavy atom. The summed E-state index contributed by atoms with van der Waals surface area (Å²) in [4.78, 5) is 0. The van der Waals surface area contributed by atoms with E-state index in [0.29, 0.717) is 0 Å². The van der Waals surface area contributed by atoms with Crippen molar-refractivity contribution in [1.82, 2.24) is 5.32 Å². The Balaban J connectivity index is 2.86. The predicted molar refractivity (Wildman–Crippen MR) is 83.0 cm³/mol. The maximum Gasteiger partial charge on any atom is -0.00489 e. The van der Waals surface area contributed by atoms with E-state index in [1.165, 1.54) is 90.1 Å². The molecule has 0 aliphatic heterocycles. The van der Waals surface area contributed by atoms with Gasteiger partial charge in [0.05, 0.1) is 0 Å². The summed E-state index contributed by atoms with van der Waals surface area (Å²) in [5.41, 5.74) is 5.47. The summed E-state index contributed by atoms with van der Waals surface area (Å²) in [6.45, 7) is 5.54. The van der Waals surface area contributed by atoms with Crippen molar-refractivity contribution in [2.24, 2.45) is 5.73 Å². The van der Waals surface area contributed by atoms with Gasteiger partial charge in [0, 0.05) is 0 Å². The van der Waals surface area contributed by atoms with Crippen molar-refractivity contribution in [3.63, 3.8) is 0 Å². The van der Waals surface area contributed by atoms with Gasteiger partial charge < -0.3 is 11.1 Å². The maximum atomic E-state index is 5.47. The van der Waals surface area contributed by atoms with E-state index in [-0.39, 0.29) is 0 Å². The van der Waals surface area contributed by atoms with Gasteiger partial charge in [-0.3, -0.25) is 0 Å². The smallest absolute Gasteiger partial charge is 0.00489 e. The van der Waals surface area contributed by atoms with Crippen LogP contribution < -0.4 is 11.1 Å². The normalized spacial score (nSPS) is 11.0. The quantitative estimate of drug-likeness (QED) is 0.430. The van der Waals surface area contributed by atoms with E-state index in [9.17, 15) is 0 Å². The van der Waals surface area contributed by atoms with Crippen molar-refractivity contribution in [1.29, 1.82) is 0 Å². The molecule has 110 valence electrons. The van der Waals surface area contributed by atoms with Gasteiger partial charge in [-0.1, -0.05) is 64.7 Å². The van der Waals surface area contributed by atoms with Gasteiger partial charge in [-0.05, 0) is 38.9 Å². The Bertz CT molecular complexity index is 121. The minimum absolute atomic E-state index is 0.867. The number of hydrogen-bond acceptors (Lipinski definition) is 2. The van der Waals surface area contributed by atoms with Crippen molar-refractivity contribution < 1.29 is 0 Å². The molecule has 3 N–H and O–H groups in total. The van der Waals surface area contributed by atoms with Gasteiger partial charge >= 0.3 is 0 Å². The molecule has 0 aromatic carbocycles. The summed E-state index contributed by atoms with van der Waals surface area (Å²) in [5, 5.41) is 3.51. The van der Waals surface area contributed by atoms with E-state index in [2.05, 4.69) is 12.2 Å². The van der Waals surface area contributed by atoms with Gasteiger partial charge in [-0.25, -0.2) is 0 Å². The maximum absolute atomic E-state index is 5.47. The fourth-order valence-corrected chi connectivity index (χ4v) is 2.24. The Morgan fingerprint density at radius 2 is 1.06 bits per heavy atom. The second-order valence-corrected chi connectivity index (χ2v) is 5.43. The highest BCUT2D eigenvalue weighted by Crippen LogP contribution is 2.10. The zero-order valence-electron chi connectivity index (χ0n) is 12.7. The van der Waals surface area contributed by atoms with Crippen molar-refractivity contribution in [3.8, 4) is 0 Å². The second-order valence-electron chi connectivity index (χ2n) is 5.43. The van der Waals surface area contributed by atoms with Gasteiger partial charge in [0.25, 0.3) is 0 Å².